The Hall–Kier alpha value is -1.21. The average molecular weight is 281 g/mol. The molecule has 0 heterocycles. The van der Waals surface area contributed by atoms with Gasteiger partial charge in [0.15, 0.2) is 0 Å². The Morgan fingerprint density at radius 2 is 1.74 bits per heavy atom. The van der Waals surface area contributed by atoms with Crippen molar-refractivity contribution in [3.05, 3.63) is 34.9 Å². The highest BCUT2D eigenvalue weighted by molar-refractivity contribution is 5.30. The highest BCUT2D eigenvalue weighted by Crippen LogP contribution is 2.39. The normalized spacial score (nSPS) is 25.0. The van der Waals surface area contributed by atoms with Crippen LogP contribution in [0.15, 0.2) is 12.1 Å². The van der Waals surface area contributed by atoms with Crippen molar-refractivity contribution in [1.29, 1.82) is 0 Å². The topological polar surface area (TPSA) is 46.2 Å². The monoisotopic (exact) mass is 281 g/mol. The van der Waals surface area contributed by atoms with Crippen LogP contribution in [-0.4, -0.2) is 11.2 Å². The van der Waals surface area contributed by atoms with Gasteiger partial charge in [-0.3, -0.25) is 0 Å². The molecule has 1 fully saturated rings. The van der Waals surface area contributed by atoms with Crippen LogP contribution in [0.3, 0.4) is 0 Å². The Morgan fingerprint density at radius 1 is 1.16 bits per heavy atom. The number of hydrogen-bond donors (Lipinski definition) is 2. The summed E-state index contributed by atoms with van der Waals surface area (Å²) < 4.78 is 64.1. The van der Waals surface area contributed by atoms with E-state index in [1.807, 2.05) is 0 Å². The lowest BCUT2D eigenvalue weighted by Crippen LogP contribution is -2.37. The van der Waals surface area contributed by atoms with Gasteiger partial charge in [0.1, 0.15) is 11.6 Å². The van der Waals surface area contributed by atoms with Gasteiger partial charge in [-0.05, 0) is 30.9 Å². The van der Waals surface area contributed by atoms with Crippen molar-refractivity contribution in [2.24, 2.45) is 11.7 Å². The molecule has 0 aliphatic heterocycles. The molecule has 106 valence electrons. The molecule has 7 heteroatoms. The van der Waals surface area contributed by atoms with E-state index in [1.54, 1.807) is 0 Å². The van der Waals surface area contributed by atoms with Crippen LogP contribution in [0.1, 0.15) is 30.0 Å². The standard InChI is InChI=1S/C12H12F5NO/c13-9-4-8(12(15,16)17)10(14)3-7(9)11(18)5-1-6(19)2-5/h3-6,11,19H,1-2,18H2. The molecule has 2 rings (SSSR count). The summed E-state index contributed by atoms with van der Waals surface area (Å²) in [6.45, 7) is 0. The lowest BCUT2D eigenvalue weighted by molar-refractivity contribution is -0.140. The zero-order valence-electron chi connectivity index (χ0n) is 9.72. The smallest absolute Gasteiger partial charge is 0.393 e. The van der Waals surface area contributed by atoms with E-state index in [2.05, 4.69) is 0 Å². The molecule has 19 heavy (non-hydrogen) atoms. The van der Waals surface area contributed by atoms with Crippen molar-refractivity contribution < 1.29 is 27.1 Å². The Morgan fingerprint density at radius 3 is 2.21 bits per heavy atom. The van der Waals surface area contributed by atoms with Crippen LogP contribution in [0.4, 0.5) is 22.0 Å². The first kappa shape index (κ1) is 14.2. The number of hydrogen-bond acceptors (Lipinski definition) is 2. The predicted molar refractivity (Wildman–Crippen MR) is 57.0 cm³/mol. The van der Waals surface area contributed by atoms with Gasteiger partial charge in [0, 0.05) is 11.6 Å². The largest absolute Gasteiger partial charge is 0.419 e. The molecule has 2 nitrogen and oxygen atoms in total. The number of benzene rings is 1. The number of alkyl halides is 3. The zero-order chi connectivity index (χ0) is 14.4. The van der Waals surface area contributed by atoms with Gasteiger partial charge in [0.05, 0.1) is 11.7 Å². The Balaban J connectivity index is 2.30. The van der Waals surface area contributed by atoms with E-state index in [1.165, 1.54) is 0 Å². The van der Waals surface area contributed by atoms with Crippen molar-refractivity contribution in [1.82, 2.24) is 0 Å². The number of rotatable bonds is 2. The molecule has 0 bridgehead atoms. The van der Waals surface area contributed by atoms with Crippen molar-refractivity contribution in [2.75, 3.05) is 0 Å². The molecule has 1 aromatic rings. The van der Waals surface area contributed by atoms with Crippen LogP contribution in [0, 0.1) is 17.6 Å². The summed E-state index contributed by atoms with van der Waals surface area (Å²) in [5.41, 5.74) is 3.76. The number of aliphatic hydroxyl groups is 1. The average Bonchev–Trinajstić information content (AvgIpc) is 2.25. The molecule has 0 amide bonds. The van der Waals surface area contributed by atoms with E-state index < -0.39 is 35.5 Å². The summed E-state index contributed by atoms with van der Waals surface area (Å²) in [4.78, 5) is 0. The van der Waals surface area contributed by atoms with Crippen LogP contribution < -0.4 is 5.73 Å². The molecule has 0 saturated heterocycles. The predicted octanol–water partition coefficient (Wildman–Crippen LogP) is 2.75. The van der Waals surface area contributed by atoms with Crippen LogP contribution in [0.5, 0.6) is 0 Å². The number of aliphatic hydroxyl groups excluding tert-OH is 1. The van der Waals surface area contributed by atoms with Gasteiger partial charge in [-0.1, -0.05) is 0 Å². The number of nitrogens with two attached hydrogens (primary N) is 1. The molecule has 1 unspecified atom stereocenters. The van der Waals surface area contributed by atoms with E-state index in [4.69, 9.17) is 10.8 Å². The third kappa shape index (κ3) is 2.71. The van der Waals surface area contributed by atoms with Crippen LogP contribution in [-0.2, 0) is 6.18 Å². The molecule has 0 spiro atoms. The maximum absolute atomic E-state index is 13.6. The third-order valence-electron chi connectivity index (χ3n) is 3.41. The molecule has 0 aromatic heterocycles. The summed E-state index contributed by atoms with van der Waals surface area (Å²) in [5, 5.41) is 9.12. The summed E-state index contributed by atoms with van der Waals surface area (Å²) in [6.07, 6.45) is -4.80. The molecule has 1 atom stereocenters. The van der Waals surface area contributed by atoms with Crippen molar-refractivity contribution in [2.45, 2.75) is 31.2 Å². The first-order valence-electron chi connectivity index (χ1n) is 5.70. The fourth-order valence-electron chi connectivity index (χ4n) is 2.21. The summed E-state index contributed by atoms with van der Waals surface area (Å²) in [6, 6.07) is -0.298. The molecule has 1 saturated carbocycles. The molecular formula is C12H12F5NO. The lowest BCUT2D eigenvalue weighted by atomic mass is 9.75. The minimum absolute atomic E-state index is 0.125. The van der Waals surface area contributed by atoms with Gasteiger partial charge in [0.25, 0.3) is 0 Å². The minimum atomic E-state index is -4.94. The zero-order valence-corrected chi connectivity index (χ0v) is 9.72. The molecule has 1 aliphatic rings. The fourth-order valence-corrected chi connectivity index (χ4v) is 2.21. The van der Waals surface area contributed by atoms with Crippen LogP contribution in [0.2, 0.25) is 0 Å². The van der Waals surface area contributed by atoms with E-state index in [9.17, 15) is 22.0 Å². The second kappa shape index (κ2) is 4.72. The summed E-state index contributed by atoms with van der Waals surface area (Å²) in [5.74, 6) is -2.97. The van der Waals surface area contributed by atoms with Gasteiger partial charge in [0.2, 0.25) is 0 Å². The Bertz CT molecular complexity index is 482. The second-order valence-corrected chi connectivity index (χ2v) is 4.76. The molecule has 3 N–H and O–H groups in total. The van der Waals surface area contributed by atoms with E-state index >= 15 is 0 Å². The third-order valence-corrected chi connectivity index (χ3v) is 3.41. The number of halogens is 5. The second-order valence-electron chi connectivity index (χ2n) is 4.76. The van der Waals surface area contributed by atoms with Crippen molar-refractivity contribution >= 4 is 0 Å². The van der Waals surface area contributed by atoms with Gasteiger partial charge >= 0.3 is 6.18 Å². The fraction of sp³-hybridized carbons (Fsp3) is 0.500. The van der Waals surface area contributed by atoms with Crippen molar-refractivity contribution in [3.8, 4) is 0 Å². The van der Waals surface area contributed by atoms with E-state index in [0.29, 0.717) is 18.9 Å². The molecule has 1 aromatic carbocycles. The van der Waals surface area contributed by atoms with Gasteiger partial charge < -0.3 is 10.8 Å². The van der Waals surface area contributed by atoms with Crippen LogP contribution in [0.25, 0.3) is 0 Å². The molecular weight excluding hydrogens is 269 g/mol. The molecule has 0 radical (unpaired) electrons. The van der Waals surface area contributed by atoms with E-state index in [-0.39, 0.29) is 17.5 Å². The minimum Gasteiger partial charge on any atom is -0.393 e. The maximum atomic E-state index is 13.6. The molecule has 1 aliphatic carbocycles. The van der Waals surface area contributed by atoms with Crippen molar-refractivity contribution in [3.63, 3.8) is 0 Å². The highest BCUT2D eigenvalue weighted by Gasteiger charge is 2.38. The highest BCUT2D eigenvalue weighted by atomic mass is 19.4. The quantitative estimate of drug-likeness (QED) is 0.819. The first-order valence-corrected chi connectivity index (χ1v) is 5.70. The van der Waals surface area contributed by atoms with Gasteiger partial charge in [-0.2, -0.15) is 13.2 Å². The van der Waals surface area contributed by atoms with Gasteiger partial charge in [-0.15, -0.1) is 0 Å². The van der Waals surface area contributed by atoms with Gasteiger partial charge in [-0.25, -0.2) is 8.78 Å². The van der Waals surface area contributed by atoms with Crippen LogP contribution >= 0.6 is 0 Å². The van der Waals surface area contributed by atoms with E-state index in [0.717, 1.165) is 0 Å². The maximum Gasteiger partial charge on any atom is 0.419 e. The summed E-state index contributed by atoms with van der Waals surface area (Å²) >= 11 is 0. The Kier molecular flexibility index (Phi) is 3.53. The SMILES string of the molecule is NC(c1cc(F)c(C(F)(F)F)cc1F)C1CC(O)C1. The first-order chi connectivity index (χ1) is 8.70. The lowest BCUT2D eigenvalue weighted by Gasteiger charge is -2.36. The Labute approximate surface area is 106 Å². The summed E-state index contributed by atoms with van der Waals surface area (Å²) in [7, 11) is 0.